The minimum Gasteiger partial charge on any atom is -0.443 e. The van der Waals surface area contributed by atoms with Crippen LogP contribution >= 0.6 is 0 Å². The topological polar surface area (TPSA) is 44.5 Å². The molecule has 180 valence electrons. The molecule has 0 bridgehead atoms. The van der Waals surface area contributed by atoms with E-state index >= 15 is 8.78 Å². The van der Waals surface area contributed by atoms with Crippen LogP contribution in [-0.2, 0) is 6.42 Å². The van der Waals surface area contributed by atoms with Crippen molar-refractivity contribution in [3.05, 3.63) is 59.0 Å². The lowest BCUT2D eigenvalue weighted by Crippen LogP contribution is -2.71. The summed E-state index contributed by atoms with van der Waals surface area (Å²) in [5, 5.41) is 3.21. The summed E-state index contributed by atoms with van der Waals surface area (Å²) in [7, 11) is 0. The quantitative estimate of drug-likeness (QED) is 0.565. The van der Waals surface area contributed by atoms with Crippen LogP contribution in [0.3, 0.4) is 0 Å². The number of hydrogen-bond donors (Lipinski definition) is 1. The third kappa shape index (κ3) is 3.38. The Morgan fingerprint density at radius 3 is 2.47 bits per heavy atom. The van der Waals surface area contributed by atoms with Gasteiger partial charge in [-0.3, -0.25) is 4.90 Å². The smallest absolute Gasteiger partial charge is 0.401 e. The maximum absolute atomic E-state index is 15.6. The molecule has 3 aliphatic heterocycles. The predicted molar refractivity (Wildman–Crippen MR) is 116 cm³/mol. The zero-order valence-corrected chi connectivity index (χ0v) is 18.4. The van der Waals surface area contributed by atoms with Crippen molar-refractivity contribution in [3.8, 4) is 0 Å². The van der Waals surface area contributed by atoms with Gasteiger partial charge in [0.1, 0.15) is 17.2 Å². The highest BCUT2D eigenvalue weighted by atomic mass is 19.4. The largest absolute Gasteiger partial charge is 0.443 e. The molecule has 2 fully saturated rings. The summed E-state index contributed by atoms with van der Waals surface area (Å²) < 4.78 is 77.3. The Hall–Kier alpha value is -2.72. The van der Waals surface area contributed by atoms with E-state index in [1.807, 2.05) is 4.90 Å². The highest BCUT2D eigenvalue weighted by molar-refractivity contribution is 5.78. The molecule has 2 atom stereocenters. The van der Waals surface area contributed by atoms with E-state index in [9.17, 15) is 13.2 Å². The first-order valence-corrected chi connectivity index (χ1v) is 11.3. The van der Waals surface area contributed by atoms with E-state index in [2.05, 4.69) is 10.3 Å². The first-order chi connectivity index (χ1) is 16.1. The molecule has 34 heavy (non-hydrogen) atoms. The van der Waals surface area contributed by atoms with Crippen LogP contribution in [0.1, 0.15) is 29.7 Å². The fourth-order valence-electron chi connectivity index (χ4n) is 5.75. The summed E-state index contributed by atoms with van der Waals surface area (Å²) in [6.45, 7) is 3.51. The fraction of sp³-hybridized carbons (Fsp3) is 0.458. The Kier molecular flexibility index (Phi) is 4.73. The normalized spacial score (nSPS) is 24.2. The second kappa shape index (κ2) is 7.39. The SMILES string of the molecule is C[C@@H]1Cc2c(ccc3ncoc23)[C@@H](c2c(F)cc(N3CC4(CNC4)C3)cc2F)N1CC(F)(F)F. The van der Waals surface area contributed by atoms with Crippen molar-refractivity contribution in [2.24, 2.45) is 5.41 Å². The van der Waals surface area contributed by atoms with Crippen LogP contribution in [0.4, 0.5) is 27.6 Å². The van der Waals surface area contributed by atoms with Crippen LogP contribution < -0.4 is 10.2 Å². The van der Waals surface area contributed by atoms with E-state index < -0.39 is 36.4 Å². The van der Waals surface area contributed by atoms with Crippen molar-refractivity contribution >= 4 is 16.8 Å². The second-order valence-electron chi connectivity index (χ2n) is 9.86. The number of nitrogens with one attached hydrogen (secondary N) is 1. The van der Waals surface area contributed by atoms with E-state index in [0.29, 0.717) is 41.0 Å². The van der Waals surface area contributed by atoms with E-state index in [1.165, 1.54) is 18.5 Å². The number of anilines is 1. The van der Waals surface area contributed by atoms with Crippen LogP contribution in [0, 0.1) is 17.0 Å². The highest BCUT2D eigenvalue weighted by Crippen LogP contribution is 2.45. The van der Waals surface area contributed by atoms with E-state index in [0.717, 1.165) is 18.0 Å². The van der Waals surface area contributed by atoms with Gasteiger partial charge in [-0.25, -0.2) is 13.8 Å². The maximum atomic E-state index is 15.6. The van der Waals surface area contributed by atoms with Crippen molar-refractivity contribution in [1.29, 1.82) is 0 Å². The molecule has 6 rings (SSSR count). The van der Waals surface area contributed by atoms with Gasteiger partial charge in [-0.2, -0.15) is 13.2 Å². The molecule has 10 heteroatoms. The van der Waals surface area contributed by atoms with Crippen molar-refractivity contribution in [3.63, 3.8) is 0 Å². The monoisotopic (exact) mass is 478 g/mol. The number of fused-ring (bicyclic) bond motifs is 3. The molecule has 3 aromatic rings. The maximum Gasteiger partial charge on any atom is 0.401 e. The van der Waals surface area contributed by atoms with E-state index in [-0.39, 0.29) is 17.4 Å². The predicted octanol–water partition coefficient (Wildman–Crippen LogP) is 4.41. The standard InChI is InChI=1S/C24H23F5N4O/c1-13-4-16-15(2-3-19-22(16)34-12-31-19)21(33(13)11-24(27,28)29)20-17(25)5-14(6-18(20)26)32-9-23(10-32)7-30-8-23/h2-3,5-6,12-13,21,30H,4,7-11H2,1H3/t13-,21+/m1/s1. The average Bonchev–Trinajstić information content (AvgIpc) is 3.16. The van der Waals surface area contributed by atoms with Gasteiger partial charge in [-0.05, 0) is 37.1 Å². The van der Waals surface area contributed by atoms with Crippen molar-refractivity contribution < 1.29 is 26.4 Å². The van der Waals surface area contributed by atoms with Crippen molar-refractivity contribution in [1.82, 2.24) is 15.2 Å². The third-order valence-corrected chi connectivity index (χ3v) is 7.45. The lowest BCUT2D eigenvalue weighted by Gasteiger charge is -2.57. The van der Waals surface area contributed by atoms with Crippen LogP contribution in [0.25, 0.3) is 11.1 Å². The van der Waals surface area contributed by atoms with Gasteiger partial charge >= 0.3 is 6.18 Å². The Balaban J connectivity index is 1.45. The molecule has 1 spiro atoms. The van der Waals surface area contributed by atoms with E-state index in [4.69, 9.17) is 4.42 Å². The molecule has 3 aliphatic rings. The summed E-state index contributed by atoms with van der Waals surface area (Å²) in [5.74, 6) is -1.70. The Bertz CT molecular complexity index is 1240. The molecule has 2 saturated heterocycles. The van der Waals surface area contributed by atoms with Crippen LogP contribution in [-0.4, -0.2) is 54.8 Å². The van der Waals surface area contributed by atoms with Gasteiger partial charge in [-0.15, -0.1) is 0 Å². The molecular formula is C24H23F5N4O. The summed E-state index contributed by atoms with van der Waals surface area (Å²) in [6, 6.07) is 3.83. The molecule has 0 aliphatic carbocycles. The zero-order chi connectivity index (χ0) is 23.8. The molecule has 4 heterocycles. The second-order valence-corrected chi connectivity index (χ2v) is 9.86. The van der Waals surface area contributed by atoms with Crippen LogP contribution in [0.15, 0.2) is 35.1 Å². The molecule has 1 aromatic heterocycles. The van der Waals surface area contributed by atoms with Crippen molar-refractivity contribution in [2.45, 2.75) is 31.6 Å². The van der Waals surface area contributed by atoms with Gasteiger partial charge in [-0.1, -0.05) is 6.07 Å². The molecule has 2 aromatic carbocycles. The number of halogens is 5. The Labute approximate surface area is 192 Å². The third-order valence-electron chi connectivity index (χ3n) is 7.45. The van der Waals surface area contributed by atoms with Crippen molar-refractivity contribution in [2.75, 3.05) is 37.6 Å². The number of oxazole rings is 1. The van der Waals surface area contributed by atoms with Crippen LogP contribution in [0.2, 0.25) is 0 Å². The fourth-order valence-corrected chi connectivity index (χ4v) is 5.75. The first kappa shape index (κ1) is 21.8. The minimum absolute atomic E-state index is 0.162. The number of benzene rings is 2. The van der Waals surface area contributed by atoms with Crippen LogP contribution in [0.5, 0.6) is 0 Å². The molecular weight excluding hydrogens is 455 g/mol. The molecule has 5 nitrogen and oxygen atoms in total. The molecule has 0 saturated carbocycles. The summed E-state index contributed by atoms with van der Waals surface area (Å²) >= 11 is 0. The number of aromatic nitrogens is 1. The lowest BCUT2D eigenvalue weighted by molar-refractivity contribution is -0.155. The molecule has 0 amide bonds. The molecule has 0 unspecified atom stereocenters. The van der Waals surface area contributed by atoms with Gasteiger partial charge in [0.25, 0.3) is 0 Å². The molecule has 0 radical (unpaired) electrons. The van der Waals surface area contributed by atoms with E-state index in [1.54, 1.807) is 19.1 Å². The number of rotatable bonds is 3. The van der Waals surface area contributed by atoms with Gasteiger partial charge in [0.05, 0.1) is 12.6 Å². The van der Waals surface area contributed by atoms with Gasteiger partial charge in [0, 0.05) is 54.5 Å². The van der Waals surface area contributed by atoms with Gasteiger partial charge in [0.15, 0.2) is 12.0 Å². The Morgan fingerprint density at radius 1 is 1.15 bits per heavy atom. The molecule has 1 N–H and O–H groups in total. The first-order valence-electron chi connectivity index (χ1n) is 11.3. The minimum atomic E-state index is -4.53. The number of nitrogens with zero attached hydrogens (tertiary/aromatic N) is 3. The summed E-state index contributed by atoms with van der Waals surface area (Å²) in [6.07, 6.45) is -3.02. The average molecular weight is 478 g/mol. The summed E-state index contributed by atoms with van der Waals surface area (Å²) in [5.41, 5.74) is 2.24. The highest BCUT2D eigenvalue weighted by Gasteiger charge is 2.48. The Morgan fingerprint density at radius 2 is 1.85 bits per heavy atom. The van der Waals surface area contributed by atoms with Gasteiger partial charge < -0.3 is 14.6 Å². The number of alkyl halides is 3. The summed E-state index contributed by atoms with van der Waals surface area (Å²) in [4.78, 5) is 7.15. The zero-order valence-electron chi connectivity index (χ0n) is 18.4. The number of hydrogen-bond acceptors (Lipinski definition) is 5. The van der Waals surface area contributed by atoms with Gasteiger partial charge in [0.2, 0.25) is 0 Å². The lowest BCUT2D eigenvalue weighted by atomic mass is 9.74.